The Kier molecular flexibility index (Phi) is 4.09. The molecule has 4 aromatic heterocycles. The molecule has 9 heteroatoms. The SMILES string of the molecule is Cc1nc(-c2ncccn2)sc1C(=O)N1CCC[C@H]1c1nnc2ccccn12. The van der Waals surface area contributed by atoms with E-state index in [2.05, 4.69) is 25.1 Å². The second kappa shape index (κ2) is 6.75. The molecule has 0 radical (unpaired) electrons. The molecule has 5 heterocycles. The van der Waals surface area contributed by atoms with E-state index in [1.165, 1.54) is 11.3 Å². The summed E-state index contributed by atoms with van der Waals surface area (Å²) in [4.78, 5) is 28.9. The topological polar surface area (TPSA) is 89.2 Å². The predicted molar refractivity (Wildman–Crippen MR) is 104 cm³/mol. The second-order valence-corrected chi connectivity index (χ2v) is 7.65. The highest BCUT2D eigenvalue weighted by atomic mass is 32.1. The first kappa shape index (κ1) is 16.9. The van der Waals surface area contributed by atoms with Crippen molar-refractivity contribution in [3.05, 3.63) is 59.3 Å². The van der Waals surface area contributed by atoms with E-state index in [0.717, 1.165) is 24.3 Å². The molecule has 0 spiro atoms. The molecule has 8 nitrogen and oxygen atoms in total. The van der Waals surface area contributed by atoms with E-state index in [9.17, 15) is 4.79 Å². The Morgan fingerprint density at radius 2 is 2.04 bits per heavy atom. The Labute approximate surface area is 164 Å². The van der Waals surface area contributed by atoms with Gasteiger partial charge in [0.2, 0.25) is 0 Å². The standard InChI is InChI=1S/C19H17N7OS/c1-12-15(28-18(22-12)16-20-8-5-9-21-16)19(27)25-11-4-6-13(25)17-24-23-14-7-2-3-10-26(14)17/h2-3,5,7-10,13H,4,6,11H2,1H3/t13-/m0/s1. The van der Waals surface area contributed by atoms with Crippen LogP contribution >= 0.6 is 11.3 Å². The van der Waals surface area contributed by atoms with Crippen molar-refractivity contribution in [3.63, 3.8) is 0 Å². The van der Waals surface area contributed by atoms with Crippen molar-refractivity contribution in [1.82, 2.24) is 34.4 Å². The zero-order chi connectivity index (χ0) is 19.1. The normalized spacial score (nSPS) is 16.8. The van der Waals surface area contributed by atoms with Gasteiger partial charge in [-0.15, -0.1) is 21.5 Å². The summed E-state index contributed by atoms with van der Waals surface area (Å²) in [5, 5.41) is 9.26. The maximum atomic E-state index is 13.4. The van der Waals surface area contributed by atoms with Crippen LogP contribution in [0.5, 0.6) is 0 Å². The van der Waals surface area contributed by atoms with Gasteiger partial charge in [-0.25, -0.2) is 15.0 Å². The summed E-state index contributed by atoms with van der Waals surface area (Å²) in [5.41, 5.74) is 1.49. The summed E-state index contributed by atoms with van der Waals surface area (Å²) in [6.07, 6.45) is 7.09. The largest absolute Gasteiger partial charge is 0.328 e. The number of likely N-dealkylation sites (tertiary alicyclic amines) is 1. The third kappa shape index (κ3) is 2.75. The fraction of sp³-hybridized carbons (Fsp3) is 0.263. The fourth-order valence-corrected chi connectivity index (χ4v) is 4.57. The Morgan fingerprint density at radius 1 is 1.18 bits per heavy atom. The molecule has 0 aromatic carbocycles. The number of aryl methyl sites for hydroxylation is 1. The van der Waals surface area contributed by atoms with Crippen LogP contribution in [0.3, 0.4) is 0 Å². The van der Waals surface area contributed by atoms with Crippen molar-refractivity contribution >= 4 is 22.9 Å². The van der Waals surface area contributed by atoms with E-state index in [1.807, 2.05) is 40.6 Å². The van der Waals surface area contributed by atoms with Gasteiger partial charge in [0.25, 0.3) is 5.91 Å². The Balaban J connectivity index is 1.49. The first-order chi connectivity index (χ1) is 13.7. The summed E-state index contributed by atoms with van der Waals surface area (Å²) in [6, 6.07) is 7.45. The van der Waals surface area contributed by atoms with Crippen LogP contribution in [0.25, 0.3) is 16.5 Å². The molecule has 5 rings (SSSR count). The lowest BCUT2D eigenvalue weighted by Crippen LogP contribution is -2.31. The minimum atomic E-state index is -0.0946. The maximum Gasteiger partial charge on any atom is 0.266 e. The number of hydrogen-bond acceptors (Lipinski definition) is 7. The first-order valence-corrected chi connectivity index (χ1v) is 9.89. The maximum absolute atomic E-state index is 13.4. The number of amides is 1. The minimum Gasteiger partial charge on any atom is -0.328 e. The lowest BCUT2D eigenvalue weighted by atomic mass is 10.2. The Morgan fingerprint density at radius 3 is 2.89 bits per heavy atom. The number of fused-ring (bicyclic) bond motifs is 1. The predicted octanol–water partition coefficient (Wildman–Crippen LogP) is 2.93. The van der Waals surface area contributed by atoms with Crippen LogP contribution in [0.4, 0.5) is 0 Å². The van der Waals surface area contributed by atoms with Gasteiger partial charge in [0.15, 0.2) is 22.3 Å². The molecule has 0 unspecified atom stereocenters. The molecule has 140 valence electrons. The van der Waals surface area contributed by atoms with Gasteiger partial charge in [-0.3, -0.25) is 9.20 Å². The summed E-state index contributed by atoms with van der Waals surface area (Å²) < 4.78 is 1.96. The van der Waals surface area contributed by atoms with E-state index in [4.69, 9.17) is 0 Å². The number of aromatic nitrogens is 6. The van der Waals surface area contributed by atoms with Crippen molar-refractivity contribution in [2.24, 2.45) is 0 Å². The van der Waals surface area contributed by atoms with Crippen LogP contribution in [0.2, 0.25) is 0 Å². The number of hydrogen-bond donors (Lipinski definition) is 0. The van der Waals surface area contributed by atoms with Crippen LogP contribution in [0, 0.1) is 6.92 Å². The third-order valence-electron chi connectivity index (χ3n) is 4.90. The summed E-state index contributed by atoms with van der Waals surface area (Å²) in [7, 11) is 0. The molecule has 1 fully saturated rings. The molecule has 0 bridgehead atoms. The van der Waals surface area contributed by atoms with Crippen molar-refractivity contribution < 1.29 is 4.79 Å². The highest BCUT2D eigenvalue weighted by molar-refractivity contribution is 7.17. The zero-order valence-electron chi connectivity index (χ0n) is 15.2. The average molecular weight is 391 g/mol. The van der Waals surface area contributed by atoms with E-state index in [-0.39, 0.29) is 11.9 Å². The van der Waals surface area contributed by atoms with E-state index in [1.54, 1.807) is 18.5 Å². The monoisotopic (exact) mass is 391 g/mol. The molecule has 0 N–H and O–H groups in total. The van der Waals surface area contributed by atoms with Crippen LogP contribution in [0.15, 0.2) is 42.9 Å². The van der Waals surface area contributed by atoms with E-state index < -0.39 is 0 Å². The first-order valence-electron chi connectivity index (χ1n) is 9.08. The molecular weight excluding hydrogens is 374 g/mol. The van der Waals surface area contributed by atoms with E-state index in [0.29, 0.717) is 27.9 Å². The fourth-order valence-electron chi connectivity index (χ4n) is 3.60. The third-order valence-corrected chi connectivity index (χ3v) is 6.04. The Hall–Kier alpha value is -3.20. The molecule has 1 amide bonds. The quantitative estimate of drug-likeness (QED) is 0.533. The number of carbonyl (C=O) groups excluding carboxylic acids is 1. The van der Waals surface area contributed by atoms with Crippen LogP contribution in [-0.4, -0.2) is 46.9 Å². The van der Waals surface area contributed by atoms with Crippen LogP contribution in [0.1, 0.15) is 40.1 Å². The molecular formula is C19H17N7OS. The number of pyridine rings is 1. The lowest BCUT2D eigenvalue weighted by Gasteiger charge is -2.23. The highest BCUT2D eigenvalue weighted by Gasteiger charge is 2.35. The van der Waals surface area contributed by atoms with Gasteiger partial charge in [0, 0.05) is 25.1 Å². The second-order valence-electron chi connectivity index (χ2n) is 6.65. The van der Waals surface area contributed by atoms with Crippen molar-refractivity contribution in [2.45, 2.75) is 25.8 Å². The van der Waals surface area contributed by atoms with Gasteiger partial charge in [0.05, 0.1) is 11.7 Å². The molecule has 4 aromatic rings. The van der Waals surface area contributed by atoms with Gasteiger partial charge in [0.1, 0.15) is 4.88 Å². The van der Waals surface area contributed by atoms with Crippen molar-refractivity contribution in [1.29, 1.82) is 0 Å². The highest BCUT2D eigenvalue weighted by Crippen LogP contribution is 2.35. The Bertz CT molecular complexity index is 1150. The van der Waals surface area contributed by atoms with Gasteiger partial charge < -0.3 is 4.90 Å². The molecule has 0 aliphatic carbocycles. The number of carbonyl (C=O) groups is 1. The molecule has 1 aliphatic rings. The molecule has 1 saturated heterocycles. The summed E-state index contributed by atoms with van der Waals surface area (Å²) in [6.45, 7) is 2.55. The molecule has 28 heavy (non-hydrogen) atoms. The molecule has 1 atom stereocenters. The smallest absolute Gasteiger partial charge is 0.266 e. The van der Waals surface area contributed by atoms with Crippen molar-refractivity contribution in [2.75, 3.05) is 6.54 Å². The zero-order valence-corrected chi connectivity index (χ0v) is 16.0. The average Bonchev–Trinajstić information content (AvgIpc) is 3.45. The number of nitrogens with zero attached hydrogens (tertiary/aromatic N) is 7. The number of rotatable bonds is 3. The van der Waals surface area contributed by atoms with Gasteiger partial charge in [-0.05, 0) is 38.0 Å². The van der Waals surface area contributed by atoms with Gasteiger partial charge >= 0.3 is 0 Å². The molecule has 1 aliphatic heterocycles. The van der Waals surface area contributed by atoms with Crippen LogP contribution < -0.4 is 0 Å². The van der Waals surface area contributed by atoms with Crippen LogP contribution in [-0.2, 0) is 0 Å². The van der Waals surface area contributed by atoms with E-state index >= 15 is 0 Å². The van der Waals surface area contributed by atoms with Crippen molar-refractivity contribution in [3.8, 4) is 10.8 Å². The minimum absolute atomic E-state index is 0.0210. The lowest BCUT2D eigenvalue weighted by molar-refractivity contribution is 0.0733. The number of thiazole rings is 1. The molecule has 0 saturated carbocycles. The summed E-state index contributed by atoms with van der Waals surface area (Å²) in [5.74, 6) is 1.32. The van der Waals surface area contributed by atoms with Gasteiger partial charge in [-0.2, -0.15) is 0 Å². The van der Waals surface area contributed by atoms with Gasteiger partial charge in [-0.1, -0.05) is 6.07 Å². The summed E-state index contributed by atoms with van der Waals surface area (Å²) >= 11 is 1.34.